The summed E-state index contributed by atoms with van der Waals surface area (Å²) < 4.78 is 0. The molecule has 0 unspecified atom stereocenters. The van der Waals surface area contributed by atoms with Gasteiger partial charge in [-0.15, -0.1) is 0 Å². The van der Waals surface area contributed by atoms with Crippen LogP contribution in [0.3, 0.4) is 0 Å². The van der Waals surface area contributed by atoms with Gasteiger partial charge in [0.2, 0.25) is 0 Å². The third-order valence-electron chi connectivity index (χ3n) is 4.03. The lowest BCUT2D eigenvalue weighted by Crippen LogP contribution is -2.47. The molecule has 0 aromatic heterocycles. The lowest BCUT2D eigenvalue weighted by Gasteiger charge is -2.29. The number of hydrogen-bond acceptors (Lipinski definition) is 6. The van der Waals surface area contributed by atoms with E-state index in [4.69, 9.17) is 0 Å². The lowest BCUT2D eigenvalue weighted by molar-refractivity contribution is -0.303. The van der Waals surface area contributed by atoms with E-state index in [-0.39, 0.29) is 0 Å². The highest BCUT2D eigenvalue weighted by molar-refractivity contribution is 8.16. The Labute approximate surface area is 155 Å². The standard InChI is InChI=1S/C19H18N2O4S/c1-12-6-8-14(9-7-12)20(11-16(22)23)18-17(24)21(19(25)26-18)15-5-3-4-13(2)10-15/h3-10,18H,11H2,1-2H3,(H,22,23)/p-1/t18-/m1/s1. The number of thioether (sulfide) groups is 1. The Hall–Kier alpha value is -2.80. The molecule has 0 radical (unpaired) electrons. The summed E-state index contributed by atoms with van der Waals surface area (Å²) in [5.74, 6) is -1.78. The van der Waals surface area contributed by atoms with Crippen LogP contribution in [0.1, 0.15) is 11.1 Å². The molecule has 1 atom stereocenters. The predicted molar refractivity (Wildman–Crippen MR) is 99.0 cm³/mol. The van der Waals surface area contributed by atoms with Crippen LogP contribution >= 0.6 is 11.8 Å². The van der Waals surface area contributed by atoms with Gasteiger partial charge in [-0.05, 0) is 55.4 Å². The highest BCUT2D eigenvalue weighted by Crippen LogP contribution is 2.36. The van der Waals surface area contributed by atoms with Crippen LogP contribution in [0.25, 0.3) is 0 Å². The Bertz CT molecular complexity index is 866. The van der Waals surface area contributed by atoms with Gasteiger partial charge in [0, 0.05) is 5.69 Å². The first-order valence-electron chi connectivity index (χ1n) is 8.01. The van der Waals surface area contributed by atoms with Gasteiger partial charge in [0.25, 0.3) is 11.1 Å². The second-order valence-electron chi connectivity index (χ2n) is 6.08. The maximum atomic E-state index is 12.9. The minimum absolute atomic E-state index is 0.430. The van der Waals surface area contributed by atoms with E-state index in [1.807, 2.05) is 32.0 Å². The van der Waals surface area contributed by atoms with Crippen LogP contribution in [0, 0.1) is 13.8 Å². The number of imide groups is 1. The molecule has 0 N–H and O–H groups in total. The number of benzene rings is 2. The number of carbonyl (C=O) groups excluding carboxylic acids is 3. The number of hydrogen-bond donors (Lipinski definition) is 0. The molecule has 2 amide bonds. The molecule has 2 aromatic carbocycles. The number of aryl methyl sites for hydroxylation is 2. The minimum Gasteiger partial charge on any atom is -0.548 e. The molecule has 1 aliphatic heterocycles. The second-order valence-corrected chi connectivity index (χ2v) is 7.12. The fourth-order valence-electron chi connectivity index (χ4n) is 2.78. The molecule has 2 aromatic rings. The summed E-state index contributed by atoms with van der Waals surface area (Å²) in [7, 11) is 0. The summed E-state index contributed by atoms with van der Waals surface area (Å²) in [4.78, 5) is 39.1. The van der Waals surface area contributed by atoms with E-state index in [1.54, 1.807) is 30.3 Å². The second kappa shape index (κ2) is 7.21. The van der Waals surface area contributed by atoms with Crippen molar-refractivity contribution in [3.8, 4) is 0 Å². The quantitative estimate of drug-likeness (QED) is 0.803. The van der Waals surface area contributed by atoms with Gasteiger partial charge in [0.15, 0.2) is 5.37 Å². The van der Waals surface area contributed by atoms with E-state index in [9.17, 15) is 19.5 Å². The Morgan fingerprint density at radius 3 is 2.42 bits per heavy atom. The van der Waals surface area contributed by atoms with Gasteiger partial charge in [-0.2, -0.15) is 0 Å². The number of carboxylic acids is 1. The van der Waals surface area contributed by atoms with Gasteiger partial charge in [-0.25, -0.2) is 4.90 Å². The molecule has 1 fully saturated rings. The van der Waals surface area contributed by atoms with Crippen LogP contribution in [0.15, 0.2) is 48.5 Å². The van der Waals surface area contributed by atoms with Crippen molar-refractivity contribution in [3.05, 3.63) is 59.7 Å². The molecule has 0 aliphatic carbocycles. The van der Waals surface area contributed by atoms with Crippen molar-refractivity contribution in [1.29, 1.82) is 0 Å². The molecule has 6 nitrogen and oxygen atoms in total. The smallest absolute Gasteiger partial charge is 0.295 e. The maximum absolute atomic E-state index is 12.9. The van der Waals surface area contributed by atoms with Gasteiger partial charge in [0.05, 0.1) is 18.2 Å². The van der Waals surface area contributed by atoms with Crippen molar-refractivity contribution in [2.24, 2.45) is 0 Å². The summed E-state index contributed by atoms with van der Waals surface area (Å²) in [5, 5.41) is 9.83. The van der Waals surface area contributed by atoms with Crippen LogP contribution in [0.2, 0.25) is 0 Å². The maximum Gasteiger partial charge on any atom is 0.295 e. The lowest BCUT2D eigenvalue weighted by atomic mass is 10.2. The highest BCUT2D eigenvalue weighted by atomic mass is 32.2. The molecule has 7 heteroatoms. The summed E-state index contributed by atoms with van der Waals surface area (Å²) in [5.41, 5.74) is 2.95. The van der Waals surface area contributed by atoms with Gasteiger partial charge in [-0.3, -0.25) is 9.59 Å². The van der Waals surface area contributed by atoms with Crippen LogP contribution in [0.5, 0.6) is 0 Å². The topological polar surface area (TPSA) is 80.8 Å². The molecule has 1 heterocycles. The predicted octanol–water partition coefficient (Wildman–Crippen LogP) is 2.09. The van der Waals surface area contributed by atoms with Gasteiger partial charge < -0.3 is 14.8 Å². The zero-order valence-corrected chi connectivity index (χ0v) is 15.2. The van der Waals surface area contributed by atoms with E-state index in [1.165, 1.54) is 4.90 Å². The van der Waals surface area contributed by atoms with E-state index in [0.717, 1.165) is 27.8 Å². The van der Waals surface area contributed by atoms with E-state index in [2.05, 4.69) is 0 Å². The van der Waals surface area contributed by atoms with E-state index in [0.29, 0.717) is 11.4 Å². The first-order valence-corrected chi connectivity index (χ1v) is 8.89. The molecular weight excluding hydrogens is 352 g/mol. The molecular formula is C19H17N2O4S-. The third kappa shape index (κ3) is 3.57. The molecule has 0 bridgehead atoms. The zero-order valence-electron chi connectivity index (χ0n) is 14.3. The van der Waals surface area contributed by atoms with Crippen molar-refractivity contribution in [1.82, 2.24) is 0 Å². The molecule has 1 aliphatic rings. The highest BCUT2D eigenvalue weighted by Gasteiger charge is 2.44. The summed E-state index contributed by atoms with van der Waals surface area (Å²) in [6.07, 6.45) is 0. The average molecular weight is 369 g/mol. The summed E-state index contributed by atoms with van der Waals surface area (Å²) >= 11 is 0.804. The Kier molecular flexibility index (Phi) is 4.99. The molecule has 0 spiro atoms. The number of anilines is 2. The number of carboxylic acid groups (broad SMARTS) is 1. The molecule has 1 saturated heterocycles. The fraction of sp³-hybridized carbons (Fsp3) is 0.211. The SMILES string of the molecule is Cc1ccc(N(CC(=O)[O-])[C@@H]2SC(=O)N(c3cccc(C)c3)C2=O)cc1. The van der Waals surface area contributed by atoms with Crippen molar-refractivity contribution in [3.63, 3.8) is 0 Å². The molecule has 3 rings (SSSR count). The van der Waals surface area contributed by atoms with Crippen molar-refractivity contribution in [2.45, 2.75) is 19.2 Å². The Balaban J connectivity index is 1.95. The van der Waals surface area contributed by atoms with Crippen molar-refractivity contribution >= 4 is 40.3 Å². The van der Waals surface area contributed by atoms with Crippen LogP contribution in [0.4, 0.5) is 16.2 Å². The van der Waals surface area contributed by atoms with Crippen molar-refractivity contribution < 1.29 is 19.5 Å². The van der Waals surface area contributed by atoms with Crippen molar-refractivity contribution in [2.75, 3.05) is 16.3 Å². The Morgan fingerprint density at radius 1 is 1.12 bits per heavy atom. The fourth-order valence-corrected chi connectivity index (χ4v) is 3.80. The number of nitrogens with zero attached hydrogens (tertiary/aromatic N) is 2. The number of amides is 2. The minimum atomic E-state index is -1.32. The van der Waals surface area contributed by atoms with Crippen LogP contribution in [-0.4, -0.2) is 29.0 Å². The number of rotatable bonds is 5. The first kappa shape index (κ1) is 18.0. The molecule has 134 valence electrons. The summed E-state index contributed by atoms with van der Waals surface area (Å²) in [6.45, 7) is 3.29. The summed E-state index contributed by atoms with van der Waals surface area (Å²) in [6, 6.07) is 14.2. The monoisotopic (exact) mass is 369 g/mol. The molecule has 26 heavy (non-hydrogen) atoms. The van der Waals surface area contributed by atoms with E-state index < -0.39 is 29.0 Å². The molecule has 0 saturated carbocycles. The normalized spacial score (nSPS) is 16.8. The Morgan fingerprint density at radius 2 is 1.81 bits per heavy atom. The van der Waals surface area contributed by atoms with E-state index >= 15 is 0 Å². The van der Waals surface area contributed by atoms with Crippen LogP contribution < -0.4 is 14.9 Å². The zero-order chi connectivity index (χ0) is 18.8. The third-order valence-corrected chi connectivity index (χ3v) is 5.10. The average Bonchev–Trinajstić information content (AvgIpc) is 2.88. The van der Waals surface area contributed by atoms with Gasteiger partial charge >= 0.3 is 0 Å². The largest absolute Gasteiger partial charge is 0.548 e. The number of carbonyl (C=O) groups is 3. The van der Waals surface area contributed by atoms with Gasteiger partial charge in [-0.1, -0.05) is 29.8 Å². The number of aliphatic carboxylic acids is 1. The van der Waals surface area contributed by atoms with Crippen LogP contribution in [-0.2, 0) is 9.59 Å². The first-order chi connectivity index (χ1) is 12.4. The van der Waals surface area contributed by atoms with Gasteiger partial charge in [0.1, 0.15) is 0 Å².